The van der Waals surface area contributed by atoms with Crippen LogP contribution in [0.4, 0.5) is 10.5 Å². The molecule has 1 aliphatic heterocycles. The van der Waals surface area contributed by atoms with Gasteiger partial charge in [0.25, 0.3) is 0 Å². The third-order valence-electron chi connectivity index (χ3n) is 5.46. The molecule has 0 fully saturated rings. The SMILES string of the molecule is CCOc1ccccc1NC(=O)N1CCc2c(c(COCc3ccc(Cl)cc3)nn2C)C1. The first kappa shape index (κ1) is 22.2. The molecule has 1 aromatic heterocycles. The van der Waals surface area contributed by atoms with Gasteiger partial charge in [-0.1, -0.05) is 35.9 Å². The monoisotopic (exact) mass is 454 g/mol. The number of aryl methyl sites for hydroxylation is 1. The van der Waals surface area contributed by atoms with Crippen molar-refractivity contribution in [2.75, 3.05) is 18.5 Å². The van der Waals surface area contributed by atoms with Crippen molar-refractivity contribution in [2.24, 2.45) is 7.05 Å². The Morgan fingerprint density at radius 2 is 1.94 bits per heavy atom. The zero-order chi connectivity index (χ0) is 22.5. The van der Waals surface area contributed by atoms with Crippen molar-refractivity contribution in [2.45, 2.75) is 33.1 Å². The fourth-order valence-corrected chi connectivity index (χ4v) is 3.98. The molecule has 0 saturated heterocycles. The van der Waals surface area contributed by atoms with Gasteiger partial charge in [0.1, 0.15) is 5.75 Å². The van der Waals surface area contributed by atoms with Gasteiger partial charge < -0.3 is 19.7 Å². The molecular weight excluding hydrogens is 428 g/mol. The van der Waals surface area contributed by atoms with Crippen LogP contribution in [0.2, 0.25) is 5.02 Å². The molecule has 168 valence electrons. The highest BCUT2D eigenvalue weighted by Gasteiger charge is 2.27. The van der Waals surface area contributed by atoms with Gasteiger partial charge in [-0.3, -0.25) is 4.68 Å². The molecular formula is C24H27ClN4O3. The number of nitrogens with one attached hydrogen (secondary N) is 1. The lowest BCUT2D eigenvalue weighted by atomic mass is 10.1. The molecule has 0 radical (unpaired) electrons. The fraction of sp³-hybridized carbons (Fsp3) is 0.333. The van der Waals surface area contributed by atoms with E-state index in [2.05, 4.69) is 10.4 Å². The summed E-state index contributed by atoms with van der Waals surface area (Å²) in [6.07, 6.45) is 0.747. The quantitative estimate of drug-likeness (QED) is 0.557. The summed E-state index contributed by atoms with van der Waals surface area (Å²) in [4.78, 5) is 14.8. The minimum absolute atomic E-state index is 0.153. The minimum Gasteiger partial charge on any atom is -0.492 e. The third kappa shape index (κ3) is 5.06. The van der Waals surface area contributed by atoms with Crippen molar-refractivity contribution < 1.29 is 14.3 Å². The van der Waals surface area contributed by atoms with Crippen molar-refractivity contribution >= 4 is 23.3 Å². The highest BCUT2D eigenvalue weighted by Crippen LogP contribution is 2.27. The first-order valence-corrected chi connectivity index (χ1v) is 11.1. The summed E-state index contributed by atoms with van der Waals surface area (Å²) in [5.41, 5.74) is 4.79. The Bertz CT molecular complexity index is 1080. The van der Waals surface area contributed by atoms with Gasteiger partial charge >= 0.3 is 6.03 Å². The molecule has 0 aliphatic carbocycles. The lowest BCUT2D eigenvalue weighted by Crippen LogP contribution is -2.39. The number of nitrogens with zero attached hydrogens (tertiary/aromatic N) is 3. The summed E-state index contributed by atoms with van der Waals surface area (Å²) >= 11 is 5.94. The Morgan fingerprint density at radius 3 is 2.72 bits per heavy atom. The van der Waals surface area contributed by atoms with Crippen molar-refractivity contribution in [1.82, 2.24) is 14.7 Å². The van der Waals surface area contributed by atoms with Crippen molar-refractivity contribution in [3.63, 3.8) is 0 Å². The smallest absolute Gasteiger partial charge is 0.322 e. The number of fused-ring (bicyclic) bond motifs is 1. The van der Waals surface area contributed by atoms with E-state index in [1.54, 1.807) is 4.90 Å². The Hall–Kier alpha value is -3.03. The van der Waals surface area contributed by atoms with Gasteiger partial charge in [0.2, 0.25) is 0 Å². The number of rotatable bonds is 7. The molecule has 7 nitrogen and oxygen atoms in total. The number of aromatic nitrogens is 2. The van der Waals surface area contributed by atoms with Gasteiger partial charge in [0, 0.05) is 36.3 Å². The Morgan fingerprint density at radius 1 is 1.16 bits per heavy atom. The number of para-hydroxylation sites is 2. The van der Waals surface area contributed by atoms with Crippen LogP contribution >= 0.6 is 11.6 Å². The normalized spacial score (nSPS) is 13.0. The number of urea groups is 1. The number of benzene rings is 2. The number of amides is 2. The summed E-state index contributed by atoms with van der Waals surface area (Å²) in [5.74, 6) is 0.665. The molecule has 1 N–H and O–H groups in total. The molecule has 1 aliphatic rings. The first-order chi connectivity index (χ1) is 15.5. The molecule has 8 heteroatoms. The summed E-state index contributed by atoms with van der Waals surface area (Å²) in [5, 5.41) is 8.33. The highest BCUT2D eigenvalue weighted by atomic mass is 35.5. The second-order valence-electron chi connectivity index (χ2n) is 7.65. The summed E-state index contributed by atoms with van der Waals surface area (Å²) in [6, 6.07) is 14.9. The van der Waals surface area contributed by atoms with E-state index in [-0.39, 0.29) is 6.03 Å². The Kier molecular flexibility index (Phi) is 6.97. The van der Waals surface area contributed by atoms with Crippen molar-refractivity contribution in [3.8, 4) is 5.75 Å². The number of halogens is 1. The highest BCUT2D eigenvalue weighted by molar-refractivity contribution is 6.30. The maximum absolute atomic E-state index is 13.0. The molecule has 0 spiro atoms. The van der Waals surface area contributed by atoms with Gasteiger partial charge in [0.15, 0.2) is 0 Å². The lowest BCUT2D eigenvalue weighted by molar-refractivity contribution is 0.103. The predicted octanol–water partition coefficient (Wildman–Crippen LogP) is 4.78. The number of ether oxygens (including phenoxy) is 2. The predicted molar refractivity (Wildman–Crippen MR) is 124 cm³/mol. The maximum atomic E-state index is 13.0. The zero-order valence-electron chi connectivity index (χ0n) is 18.3. The van der Waals surface area contributed by atoms with Gasteiger partial charge in [0.05, 0.1) is 37.7 Å². The molecule has 0 bridgehead atoms. The Labute approximate surface area is 192 Å². The third-order valence-corrected chi connectivity index (χ3v) is 5.71. The van der Waals surface area contributed by atoms with E-state index < -0.39 is 0 Å². The van der Waals surface area contributed by atoms with Gasteiger partial charge in [-0.05, 0) is 36.8 Å². The van der Waals surface area contributed by atoms with Gasteiger partial charge in [-0.25, -0.2) is 4.79 Å². The van der Waals surface area contributed by atoms with E-state index in [1.807, 2.05) is 67.2 Å². The largest absolute Gasteiger partial charge is 0.492 e. The number of carbonyl (C=O) groups is 1. The van der Waals surface area contributed by atoms with Gasteiger partial charge in [-0.15, -0.1) is 0 Å². The summed E-state index contributed by atoms with van der Waals surface area (Å²) < 4.78 is 13.4. The number of anilines is 1. The van der Waals surface area contributed by atoms with Crippen LogP contribution in [0.25, 0.3) is 0 Å². The van der Waals surface area contributed by atoms with Crippen LogP contribution < -0.4 is 10.1 Å². The Balaban J connectivity index is 1.41. The average molecular weight is 455 g/mol. The lowest BCUT2D eigenvalue weighted by Gasteiger charge is -2.28. The molecule has 3 aromatic rings. The average Bonchev–Trinajstić information content (AvgIpc) is 3.11. The topological polar surface area (TPSA) is 68.6 Å². The van der Waals surface area contributed by atoms with Crippen LogP contribution in [0.15, 0.2) is 48.5 Å². The number of hydrogen-bond donors (Lipinski definition) is 1. The summed E-state index contributed by atoms with van der Waals surface area (Å²) in [7, 11) is 1.94. The van der Waals surface area contributed by atoms with Crippen LogP contribution in [-0.2, 0) is 38.0 Å². The van der Waals surface area contributed by atoms with E-state index in [0.29, 0.717) is 49.4 Å². The van der Waals surface area contributed by atoms with Crippen molar-refractivity contribution in [3.05, 3.63) is 76.1 Å². The standard InChI is InChI=1S/C24H27ClN4O3/c1-3-32-23-7-5-4-6-20(23)26-24(30)29-13-12-22-19(14-29)21(27-28(22)2)16-31-15-17-8-10-18(25)11-9-17/h4-11H,3,12-16H2,1-2H3,(H,26,30). The number of carbonyl (C=O) groups excluding carboxylic acids is 1. The molecule has 32 heavy (non-hydrogen) atoms. The number of hydrogen-bond acceptors (Lipinski definition) is 4. The second-order valence-corrected chi connectivity index (χ2v) is 8.08. The molecule has 4 rings (SSSR count). The fourth-order valence-electron chi connectivity index (χ4n) is 3.85. The van der Waals surface area contributed by atoms with E-state index in [0.717, 1.165) is 28.9 Å². The molecule has 2 heterocycles. The maximum Gasteiger partial charge on any atom is 0.322 e. The van der Waals surface area contributed by atoms with Crippen LogP contribution in [0.3, 0.4) is 0 Å². The molecule has 0 atom stereocenters. The minimum atomic E-state index is -0.153. The van der Waals surface area contributed by atoms with Crippen LogP contribution in [0, 0.1) is 0 Å². The molecule has 0 saturated carbocycles. The van der Waals surface area contributed by atoms with Crippen molar-refractivity contribution in [1.29, 1.82) is 0 Å². The van der Waals surface area contributed by atoms with E-state index in [1.165, 1.54) is 0 Å². The van der Waals surface area contributed by atoms with Crippen LogP contribution in [-0.4, -0.2) is 33.9 Å². The van der Waals surface area contributed by atoms with E-state index in [4.69, 9.17) is 21.1 Å². The molecule has 2 amide bonds. The van der Waals surface area contributed by atoms with E-state index in [9.17, 15) is 4.79 Å². The van der Waals surface area contributed by atoms with Crippen LogP contribution in [0.5, 0.6) is 5.75 Å². The molecule has 2 aromatic carbocycles. The zero-order valence-corrected chi connectivity index (χ0v) is 19.1. The van der Waals surface area contributed by atoms with Crippen LogP contribution in [0.1, 0.15) is 29.4 Å². The summed E-state index contributed by atoms with van der Waals surface area (Å²) in [6.45, 7) is 4.43. The van der Waals surface area contributed by atoms with E-state index >= 15 is 0 Å². The van der Waals surface area contributed by atoms with Gasteiger partial charge in [-0.2, -0.15) is 5.10 Å². The molecule has 0 unspecified atom stereocenters. The first-order valence-electron chi connectivity index (χ1n) is 10.7. The second kappa shape index (κ2) is 10.1.